The molecule has 0 saturated heterocycles. The smallest absolute Gasteiger partial charge is 0.344 e. The summed E-state index contributed by atoms with van der Waals surface area (Å²) in [4.78, 5) is 26.5. The fourth-order valence-corrected chi connectivity index (χ4v) is 1.84. The first-order valence-corrected chi connectivity index (χ1v) is 7.32. The van der Waals surface area contributed by atoms with Gasteiger partial charge in [0, 0.05) is 18.0 Å². The van der Waals surface area contributed by atoms with E-state index < -0.39 is 12.1 Å². The van der Waals surface area contributed by atoms with Crippen molar-refractivity contribution in [3.63, 3.8) is 0 Å². The van der Waals surface area contributed by atoms with E-state index in [0.29, 0.717) is 22.6 Å². The Balaban J connectivity index is 2.05. The van der Waals surface area contributed by atoms with E-state index in [9.17, 15) is 9.59 Å². The Kier molecular flexibility index (Phi) is 6.05. The molecule has 1 heterocycles. The van der Waals surface area contributed by atoms with Crippen LogP contribution < -0.4 is 14.9 Å². The minimum absolute atomic E-state index is 0.301. The molecule has 0 fully saturated rings. The van der Waals surface area contributed by atoms with Gasteiger partial charge >= 0.3 is 5.97 Å². The number of rotatable bonds is 7. The molecule has 2 aromatic rings. The number of aliphatic carboxylic acids is 1. The first-order chi connectivity index (χ1) is 12.0. The summed E-state index contributed by atoms with van der Waals surface area (Å²) in [5, 5.41) is 12.8. The molecular weight excluding hydrogens is 326 g/mol. The zero-order valence-electron chi connectivity index (χ0n) is 13.7. The van der Waals surface area contributed by atoms with E-state index >= 15 is 0 Å². The largest absolute Gasteiger partial charge is 0.493 e. The molecule has 2 N–H and O–H groups in total. The Hall–Kier alpha value is -3.42. The van der Waals surface area contributed by atoms with E-state index in [4.69, 9.17) is 14.6 Å². The average molecular weight is 343 g/mol. The highest BCUT2D eigenvalue weighted by Gasteiger charge is 2.15. The molecule has 8 heteroatoms. The number of nitrogens with one attached hydrogen (secondary N) is 1. The Labute approximate surface area is 144 Å². The van der Waals surface area contributed by atoms with Crippen LogP contribution in [0.5, 0.6) is 11.5 Å². The van der Waals surface area contributed by atoms with Gasteiger partial charge in [0.2, 0.25) is 0 Å². The maximum absolute atomic E-state index is 11.8. The predicted octanol–water partition coefficient (Wildman–Crippen LogP) is 1.71. The number of benzene rings is 1. The van der Waals surface area contributed by atoms with Gasteiger partial charge in [0.1, 0.15) is 0 Å². The fraction of sp³-hybridized carbons (Fsp3) is 0.176. The SMILES string of the molecule is COc1cc(/C=N\NC(=O)c2ccncc2)ccc1O[C@H](C)C(=O)O. The van der Waals surface area contributed by atoms with E-state index in [0.717, 1.165) is 0 Å². The lowest BCUT2D eigenvalue weighted by Gasteiger charge is -2.13. The molecule has 0 aliphatic heterocycles. The second-order valence-corrected chi connectivity index (χ2v) is 4.94. The topological polar surface area (TPSA) is 110 Å². The standard InChI is InChI=1S/C17H17N3O5/c1-11(17(22)23)25-14-4-3-12(9-15(14)24-2)10-19-20-16(21)13-5-7-18-8-6-13/h3-11H,1-2H3,(H,20,21)(H,22,23)/b19-10-/t11-/m1/s1. The van der Waals surface area contributed by atoms with Crippen LogP contribution in [0, 0.1) is 0 Å². The molecule has 25 heavy (non-hydrogen) atoms. The second kappa shape index (κ2) is 8.44. The lowest BCUT2D eigenvalue weighted by molar-refractivity contribution is -0.144. The number of carbonyl (C=O) groups excluding carboxylic acids is 1. The minimum Gasteiger partial charge on any atom is -0.493 e. The van der Waals surface area contributed by atoms with Gasteiger partial charge in [-0.15, -0.1) is 0 Å². The zero-order chi connectivity index (χ0) is 18.2. The molecule has 0 unspecified atom stereocenters. The third-order valence-electron chi connectivity index (χ3n) is 3.16. The third kappa shape index (κ3) is 5.03. The molecule has 1 amide bonds. The average Bonchev–Trinajstić information content (AvgIpc) is 2.63. The number of aromatic nitrogens is 1. The van der Waals surface area contributed by atoms with Gasteiger partial charge in [-0.2, -0.15) is 5.10 Å². The molecule has 0 radical (unpaired) electrons. The third-order valence-corrected chi connectivity index (χ3v) is 3.16. The summed E-state index contributed by atoms with van der Waals surface area (Å²) in [6.07, 6.45) is 3.46. The van der Waals surface area contributed by atoms with Crippen molar-refractivity contribution in [3.05, 3.63) is 53.9 Å². The van der Waals surface area contributed by atoms with Crippen molar-refractivity contribution in [2.45, 2.75) is 13.0 Å². The highest BCUT2D eigenvalue weighted by Crippen LogP contribution is 2.28. The van der Waals surface area contributed by atoms with Crippen molar-refractivity contribution in [2.24, 2.45) is 5.10 Å². The number of carboxylic acid groups (broad SMARTS) is 1. The summed E-state index contributed by atoms with van der Waals surface area (Å²) in [6, 6.07) is 8.00. The predicted molar refractivity (Wildman–Crippen MR) is 90.0 cm³/mol. The van der Waals surface area contributed by atoms with E-state index in [1.165, 1.54) is 32.6 Å². The van der Waals surface area contributed by atoms with Crippen LogP contribution in [-0.2, 0) is 4.79 Å². The number of nitrogens with zero attached hydrogens (tertiary/aromatic N) is 2. The molecule has 1 aromatic carbocycles. The van der Waals surface area contributed by atoms with Crippen LogP contribution in [0.2, 0.25) is 0 Å². The molecular formula is C17H17N3O5. The van der Waals surface area contributed by atoms with Crippen molar-refractivity contribution in [1.29, 1.82) is 0 Å². The molecule has 1 atom stereocenters. The molecule has 0 aliphatic carbocycles. The van der Waals surface area contributed by atoms with Gasteiger partial charge in [-0.3, -0.25) is 9.78 Å². The van der Waals surface area contributed by atoms with Crippen molar-refractivity contribution in [2.75, 3.05) is 7.11 Å². The second-order valence-electron chi connectivity index (χ2n) is 4.94. The molecule has 8 nitrogen and oxygen atoms in total. The number of amides is 1. The molecule has 2 rings (SSSR count). The first kappa shape index (κ1) is 17.9. The number of hydrazone groups is 1. The van der Waals surface area contributed by atoms with Gasteiger partial charge in [-0.25, -0.2) is 10.2 Å². The van der Waals surface area contributed by atoms with Crippen LogP contribution in [0.4, 0.5) is 0 Å². The Bertz CT molecular complexity index is 777. The number of ether oxygens (including phenoxy) is 2. The number of pyridine rings is 1. The van der Waals surface area contributed by atoms with Crippen LogP contribution in [0.3, 0.4) is 0 Å². The fourth-order valence-electron chi connectivity index (χ4n) is 1.84. The first-order valence-electron chi connectivity index (χ1n) is 7.32. The summed E-state index contributed by atoms with van der Waals surface area (Å²) in [5.74, 6) is -0.778. The van der Waals surface area contributed by atoms with E-state index in [-0.39, 0.29) is 5.91 Å². The quantitative estimate of drug-likeness (QED) is 0.585. The summed E-state index contributed by atoms with van der Waals surface area (Å²) >= 11 is 0. The van der Waals surface area contributed by atoms with E-state index in [1.807, 2.05) is 0 Å². The van der Waals surface area contributed by atoms with Gasteiger partial charge in [0.15, 0.2) is 17.6 Å². The van der Waals surface area contributed by atoms with Crippen LogP contribution in [-0.4, -0.2) is 41.4 Å². The van der Waals surface area contributed by atoms with Crippen LogP contribution in [0.15, 0.2) is 47.8 Å². The maximum atomic E-state index is 11.8. The molecule has 0 bridgehead atoms. The van der Waals surface area contributed by atoms with Gasteiger partial charge in [0.25, 0.3) is 5.91 Å². The monoisotopic (exact) mass is 343 g/mol. The van der Waals surface area contributed by atoms with Gasteiger partial charge in [-0.1, -0.05) is 0 Å². The summed E-state index contributed by atoms with van der Waals surface area (Å²) in [7, 11) is 1.44. The van der Waals surface area contributed by atoms with Gasteiger partial charge in [-0.05, 0) is 42.8 Å². The summed E-state index contributed by atoms with van der Waals surface area (Å²) in [6.45, 7) is 1.42. The number of carbonyl (C=O) groups is 2. The summed E-state index contributed by atoms with van der Waals surface area (Å²) in [5.41, 5.74) is 3.48. The molecule has 1 aromatic heterocycles. The Morgan fingerprint density at radius 2 is 1.96 bits per heavy atom. The normalized spacial score (nSPS) is 11.8. The van der Waals surface area contributed by atoms with Gasteiger partial charge in [0.05, 0.1) is 13.3 Å². The maximum Gasteiger partial charge on any atom is 0.344 e. The molecule has 130 valence electrons. The minimum atomic E-state index is -1.08. The highest BCUT2D eigenvalue weighted by atomic mass is 16.5. The van der Waals surface area contributed by atoms with Crippen molar-refractivity contribution in [3.8, 4) is 11.5 Å². The van der Waals surface area contributed by atoms with Crippen molar-refractivity contribution >= 4 is 18.1 Å². The van der Waals surface area contributed by atoms with Gasteiger partial charge < -0.3 is 14.6 Å². The van der Waals surface area contributed by atoms with E-state index in [2.05, 4.69) is 15.5 Å². The van der Waals surface area contributed by atoms with Crippen molar-refractivity contribution in [1.82, 2.24) is 10.4 Å². The van der Waals surface area contributed by atoms with Crippen LogP contribution in [0.1, 0.15) is 22.8 Å². The number of carboxylic acids is 1. The lowest BCUT2D eigenvalue weighted by Crippen LogP contribution is -2.23. The molecule has 0 saturated carbocycles. The molecule has 0 aliphatic rings. The lowest BCUT2D eigenvalue weighted by atomic mass is 10.2. The number of hydrogen-bond donors (Lipinski definition) is 2. The van der Waals surface area contributed by atoms with E-state index in [1.54, 1.807) is 30.3 Å². The zero-order valence-corrected chi connectivity index (χ0v) is 13.7. The number of methoxy groups -OCH3 is 1. The Morgan fingerprint density at radius 3 is 2.60 bits per heavy atom. The van der Waals surface area contributed by atoms with Crippen LogP contribution >= 0.6 is 0 Å². The molecule has 0 spiro atoms. The Morgan fingerprint density at radius 1 is 1.24 bits per heavy atom. The highest BCUT2D eigenvalue weighted by molar-refractivity contribution is 5.94. The summed E-state index contributed by atoms with van der Waals surface area (Å²) < 4.78 is 10.5. The van der Waals surface area contributed by atoms with Crippen LogP contribution in [0.25, 0.3) is 0 Å². The van der Waals surface area contributed by atoms with Crippen molar-refractivity contribution < 1.29 is 24.2 Å². The number of hydrogen-bond acceptors (Lipinski definition) is 6.